The Labute approximate surface area is 115 Å². The van der Waals surface area contributed by atoms with E-state index in [0.29, 0.717) is 12.6 Å². The molecule has 0 radical (unpaired) electrons. The summed E-state index contributed by atoms with van der Waals surface area (Å²) in [6, 6.07) is 0.419. The molecule has 1 unspecified atom stereocenters. The van der Waals surface area contributed by atoms with Crippen molar-refractivity contribution in [2.24, 2.45) is 7.05 Å². The summed E-state index contributed by atoms with van der Waals surface area (Å²) in [7, 11) is 2.02. The Morgan fingerprint density at radius 1 is 1.47 bits per heavy atom. The van der Waals surface area contributed by atoms with Gasteiger partial charge < -0.3 is 15.0 Å². The van der Waals surface area contributed by atoms with Crippen LogP contribution in [0.1, 0.15) is 31.4 Å². The second-order valence-corrected chi connectivity index (χ2v) is 5.39. The van der Waals surface area contributed by atoms with E-state index in [1.165, 1.54) is 25.0 Å². The highest BCUT2D eigenvalue weighted by Gasteiger charge is 2.22. The lowest BCUT2D eigenvalue weighted by Gasteiger charge is -2.22. The van der Waals surface area contributed by atoms with Gasteiger partial charge in [0.2, 0.25) is 0 Å². The molecule has 0 aliphatic carbocycles. The van der Waals surface area contributed by atoms with Gasteiger partial charge in [0.25, 0.3) is 0 Å². The predicted octanol–water partition coefficient (Wildman–Crippen LogP) is 0.747. The molecule has 0 saturated carbocycles. The topological polar surface area (TPSA) is 53.3 Å². The monoisotopic (exact) mass is 266 g/mol. The molecule has 1 fully saturated rings. The van der Waals surface area contributed by atoms with E-state index in [-0.39, 0.29) is 0 Å². The van der Waals surface area contributed by atoms with Crippen molar-refractivity contribution in [1.82, 2.24) is 19.8 Å². The quantitative estimate of drug-likeness (QED) is 0.682. The molecule has 2 rings (SSSR count). The van der Waals surface area contributed by atoms with E-state index < -0.39 is 0 Å². The lowest BCUT2D eigenvalue weighted by Crippen LogP contribution is -2.33. The summed E-state index contributed by atoms with van der Waals surface area (Å²) < 4.78 is 2.04. The molecular weight excluding hydrogens is 240 g/mol. The lowest BCUT2D eigenvalue weighted by atomic mass is 10.2. The Morgan fingerprint density at radius 3 is 3.11 bits per heavy atom. The number of imidazole rings is 1. The van der Waals surface area contributed by atoms with Crippen LogP contribution in [-0.2, 0) is 13.6 Å². The van der Waals surface area contributed by atoms with E-state index in [9.17, 15) is 5.11 Å². The number of hydrogen-bond acceptors (Lipinski definition) is 4. The first-order valence-electron chi connectivity index (χ1n) is 7.32. The number of nitrogens with zero attached hydrogens (tertiary/aromatic N) is 3. The van der Waals surface area contributed by atoms with Crippen LogP contribution in [-0.4, -0.2) is 51.8 Å². The van der Waals surface area contributed by atoms with Crippen LogP contribution in [0.4, 0.5) is 0 Å². The molecule has 0 bridgehead atoms. The number of hydrogen-bond donors (Lipinski definition) is 2. The molecule has 108 valence electrons. The molecule has 19 heavy (non-hydrogen) atoms. The maximum absolute atomic E-state index is 9.25. The number of unbranched alkanes of at least 4 members (excludes halogenated alkanes) is 1. The number of nitrogens with one attached hydrogen (secondary N) is 1. The number of likely N-dealkylation sites (tertiary alicyclic amines) is 1. The molecule has 0 amide bonds. The van der Waals surface area contributed by atoms with Crippen molar-refractivity contribution in [2.45, 2.75) is 38.3 Å². The van der Waals surface area contributed by atoms with Crippen molar-refractivity contribution in [3.05, 3.63) is 18.2 Å². The lowest BCUT2D eigenvalue weighted by molar-refractivity contribution is 0.157. The molecule has 1 aliphatic heterocycles. The number of aliphatic hydroxyl groups is 1. The third kappa shape index (κ3) is 4.30. The van der Waals surface area contributed by atoms with Crippen LogP contribution in [0, 0.1) is 0 Å². The van der Waals surface area contributed by atoms with Crippen molar-refractivity contribution in [3.8, 4) is 0 Å². The van der Waals surface area contributed by atoms with E-state index >= 15 is 0 Å². The molecule has 1 aromatic heterocycles. The number of aryl methyl sites for hydroxylation is 1. The van der Waals surface area contributed by atoms with Crippen molar-refractivity contribution in [3.63, 3.8) is 0 Å². The molecular formula is C14H26N4O. The van der Waals surface area contributed by atoms with E-state index in [4.69, 9.17) is 0 Å². The standard InChI is InChI=1S/C14H26N4O/c1-17-12-16-10-14(17)9-15-6-2-3-7-18-8-4-5-13(18)11-19/h10,12-13,15,19H,2-9,11H2,1H3. The summed E-state index contributed by atoms with van der Waals surface area (Å²) in [5.41, 5.74) is 1.22. The first-order chi connectivity index (χ1) is 9.31. The summed E-state index contributed by atoms with van der Waals surface area (Å²) in [6.07, 6.45) is 8.53. The highest BCUT2D eigenvalue weighted by atomic mass is 16.3. The van der Waals surface area contributed by atoms with Crippen molar-refractivity contribution >= 4 is 0 Å². The van der Waals surface area contributed by atoms with Crippen molar-refractivity contribution in [1.29, 1.82) is 0 Å². The summed E-state index contributed by atoms with van der Waals surface area (Å²) in [4.78, 5) is 6.53. The minimum atomic E-state index is 0.318. The molecule has 0 aromatic carbocycles. The summed E-state index contributed by atoms with van der Waals surface area (Å²) >= 11 is 0. The van der Waals surface area contributed by atoms with Crippen LogP contribution >= 0.6 is 0 Å². The highest BCUT2D eigenvalue weighted by Crippen LogP contribution is 2.16. The first-order valence-corrected chi connectivity index (χ1v) is 7.32. The number of aromatic nitrogens is 2. The van der Waals surface area contributed by atoms with E-state index in [1.807, 2.05) is 24.1 Å². The Kier molecular flexibility index (Phi) is 5.82. The van der Waals surface area contributed by atoms with Gasteiger partial charge in [-0.1, -0.05) is 0 Å². The Bertz CT molecular complexity index is 366. The Hall–Kier alpha value is -0.910. The van der Waals surface area contributed by atoms with Gasteiger partial charge in [0.15, 0.2) is 0 Å². The fraction of sp³-hybridized carbons (Fsp3) is 0.786. The Morgan fingerprint density at radius 2 is 2.37 bits per heavy atom. The zero-order valence-corrected chi connectivity index (χ0v) is 11.9. The van der Waals surface area contributed by atoms with Gasteiger partial charge in [0.05, 0.1) is 18.6 Å². The molecule has 2 heterocycles. The molecule has 1 aliphatic rings. The zero-order valence-electron chi connectivity index (χ0n) is 11.9. The fourth-order valence-corrected chi connectivity index (χ4v) is 2.73. The average Bonchev–Trinajstić information content (AvgIpc) is 3.02. The zero-order chi connectivity index (χ0) is 13.5. The van der Waals surface area contributed by atoms with Crippen LogP contribution in [0.3, 0.4) is 0 Å². The molecule has 1 aromatic rings. The molecule has 0 spiro atoms. The predicted molar refractivity (Wildman–Crippen MR) is 75.8 cm³/mol. The highest BCUT2D eigenvalue weighted by molar-refractivity contribution is 4.96. The molecule has 1 atom stereocenters. The van der Waals surface area contributed by atoms with Crippen LogP contribution in [0.25, 0.3) is 0 Å². The summed E-state index contributed by atoms with van der Waals surface area (Å²) in [5.74, 6) is 0. The fourth-order valence-electron chi connectivity index (χ4n) is 2.73. The van der Waals surface area contributed by atoms with Crippen molar-refractivity contribution < 1.29 is 5.11 Å². The third-order valence-electron chi connectivity index (χ3n) is 3.98. The average molecular weight is 266 g/mol. The SMILES string of the molecule is Cn1cncc1CNCCCCN1CCCC1CO. The summed E-state index contributed by atoms with van der Waals surface area (Å²) in [6.45, 7) is 4.54. The van der Waals surface area contributed by atoms with Gasteiger partial charge in [0, 0.05) is 25.8 Å². The van der Waals surface area contributed by atoms with Gasteiger partial charge >= 0.3 is 0 Å². The molecule has 2 N–H and O–H groups in total. The van der Waals surface area contributed by atoms with E-state index in [0.717, 1.165) is 32.6 Å². The van der Waals surface area contributed by atoms with Crippen LogP contribution in [0.15, 0.2) is 12.5 Å². The van der Waals surface area contributed by atoms with Gasteiger partial charge in [0.1, 0.15) is 0 Å². The van der Waals surface area contributed by atoms with E-state index in [1.54, 1.807) is 0 Å². The molecule has 5 nitrogen and oxygen atoms in total. The van der Waals surface area contributed by atoms with Gasteiger partial charge in [-0.05, 0) is 45.3 Å². The van der Waals surface area contributed by atoms with E-state index in [2.05, 4.69) is 15.2 Å². The minimum Gasteiger partial charge on any atom is -0.395 e. The second kappa shape index (κ2) is 7.62. The van der Waals surface area contributed by atoms with Crippen LogP contribution in [0.2, 0.25) is 0 Å². The minimum absolute atomic E-state index is 0.318. The van der Waals surface area contributed by atoms with Gasteiger partial charge in [-0.3, -0.25) is 4.90 Å². The van der Waals surface area contributed by atoms with Gasteiger partial charge in [-0.2, -0.15) is 0 Å². The van der Waals surface area contributed by atoms with Gasteiger partial charge in [-0.15, -0.1) is 0 Å². The number of aliphatic hydroxyl groups excluding tert-OH is 1. The smallest absolute Gasteiger partial charge is 0.0945 e. The van der Waals surface area contributed by atoms with Crippen LogP contribution < -0.4 is 5.32 Å². The maximum Gasteiger partial charge on any atom is 0.0945 e. The molecule has 5 heteroatoms. The maximum atomic E-state index is 9.25. The van der Waals surface area contributed by atoms with Gasteiger partial charge in [-0.25, -0.2) is 4.98 Å². The molecule has 1 saturated heterocycles. The third-order valence-corrected chi connectivity index (χ3v) is 3.98. The normalized spacial score (nSPS) is 20.2. The van der Waals surface area contributed by atoms with Crippen LogP contribution in [0.5, 0.6) is 0 Å². The summed E-state index contributed by atoms with van der Waals surface area (Å²) in [5, 5.41) is 12.7. The number of rotatable bonds is 8. The first kappa shape index (κ1) is 14.5. The Balaban J connectivity index is 1.52. The largest absolute Gasteiger partial charge is 0.395 e. The second-order valence-electron chi connectivity index (χ2n) is 5.39. The van der Waals surface area contributed by atoms with Crippen molar-refractivity contribution in [2.75, 3.05) is 26.2 Å².